The Hall–Kier alpha value is -1.87. The van der Waals surface area contributed by atoms with Crippen LogP contribution in [0.25, 0.3) is 0 Å². The second-order valence-electron chi connectivity index (χ2n) is 6.25. The van der Waals surface area contributed by atoms with Gasteiger partial charge in [0.2, 0.25) is 0 Å². The van der Waals surface area contributed by atoms with Gasteiger partial charge < -0.3 is 10.6 Å². The smallest absolute Gasteiger partial charge is 0.170 e. The number of rotatable bonds is 8. The summed E-state index contributed by atoms with van der Waals surface area (Å²) >= 11 is 5.36. The van der Waals surface area contributed by atoms with Crippen LogP contribution in [0.5, 0.6) is 0 Å². The highest BCUT2D eigenvalue weighted by molar-refractivity contribution is 7.80. The number of anilines is 1. The third-order valence-corrected chi connectivity index (χ3v) is 4.62. The van der Waals surface area contributed by atoms with E-state index in [2.05, 4.69) is 79.1 Å². The van der Waals surface area contributed by atoms with E-state index in [1.165, 1.54) is 17.5 Å². The summed E-state index contributed by atoms with van der Waals surface area (Å²) in [5, 5.41) is 7.24. The molecule has 2 nitrogen and oxygen atoms in total. The Morgan fingerprint density at radius 2 is 1.71 bits per heavy atom. The maximum absolute atomic E-state index is 5.36. The molecule has 128 valence electrons. The number of aryl methyl sites for hydroxylation is 1. The van der Waals surface area contributed by atoms with Crippen LogP contribution in [0.15, 0.2) is 54.6 Å². The van der Waals surface area contributed by atoms with Crippen molar-refractivity contribution in [3.63, 3.8) is 0 Å². The van der Waals surface area contributed by atoms with Gasteiger partial charge in [-0.15, -0.1) is 0 Å². The molecule has 1 atom stereocenters. The van der Waals surface area contributed by atoms with Gasteiger partial charge in [0.25, 0.3) is 0 Å². The molecule has 2 aromatic carbocycles. The predicted octanol–water partition coefficient (Wildman–Crippen LogP) is 5.51. The van der Waals surface area contributed by atoms with Gasteiger partial charge in [0.1, 0.15) is 0 Å². The Labute approximate surface area is 151 Å². The third kappa shape index (κ3) is 6.32. The fraction of sp³-hybridized carbons (Fsp3) is 0.381. The topological polar surface area (TPSA) is 24.1 Å². The lowest BCUT2D eigenvalue weighted by atomic mass is 9.99. The van der Waals surface area contributed by atoms with Crippen LogP contribution < -0.4 is 10.6 Å². The molecule has 3 heteroatoms. The summed E-state index contributed by atoms with van der Waals surface area (Å²) in [6, 6.07) is 19.2. The maximum Gasteiger partial charge on any atom is 0.170 e. The van der Waals surface area contributed by atoms with Crippen molar-refractivity contribution < 1.29 is 0 Å². The molecule has 0 aromatic heterocycles. The highest BCUT2D eigenvalue weighted by Crippen LogP contribution is 2.20. The molecule has 0 saturated heterocycles. The van der Waals surface area contributed by atoms with E-state index in [1.54, 1.807) is 0 Å². The largest absolute Gasteiger partial charge is 0.362 e. The maximum atomic E-state index is 5.36. The average molecular weight is 341 g/mol. The molecule has 2 rings (SSSR count). The Morgan fingerprint density at radius 3 is 2.38 bits per heavy atom. The standard InChI is InChI=1S/C21H28N2S/c1-3-17(2)19-12-14-20(15-13-19)23-21(24)22-16-8-7-11-18-9-5-4-6-10-18/h4-6,9-10,12-15,17H,3,7-8,11,16H2,1-2H3,(H2,22,23,24). The second kappa shape index (κ2) is 10.1. The Kier molecular flexibility index (Phi) is 7.76. The Morgan fingerprint density at radius 1 is 1.00 bits per heavy atom. The van der Waals surface area contributed by atoms with Crippen molar-refractivity contribution in [1.82, 2.24) is 5.32 Å². The SMILES string of the molecule is CCC(C)c1ccc(NC(=S)NCCCCc2ccccc2)cc1. The van der Waals surface area contributed by atoms with Crippen molar-refractivity contribution in [3.05, 3.63) is 65.7 Å². The van der Waals surface area contributed by atoms with Crippen LogP contribution in [0.2, 0.25) is 0 Å². The summed E-state index contributed by atoms with van der Waals surface area (Å²) in [5.74, 6) is 0.605. The predicted molar refractivity (Wildman–Crippen MR) is 109 cm³/mol. The van der Waals surface area contributed by atoms with Gasteiger partial charge in [-0.2, -0.15) is 0 Å². The van der Waals surface area contributed by atoms with Gasteiger partial charge in [-0.3, -0.25) is 0 Å². The molecular weight excluding hydrogens is 312 g/mol. The molecule has 0 aliphatic heterocycles. The highest BCUT2D eigenvalue weighted by atomic mass is 32.1. The lowest BCUT2D eigenvalue weighted by Crippen LogP contribution is -2.29. The van der Waals surface area contributed by atoms with E-state index in [-0.39, 0.29) is 0 Å². The Bertz CT molecular complexity index is 607. The average Bonchev–Trinajstić information content (AvgIpc) is 2.62. The number of benzene rings is 2. The summed E-state index contributed by atoms with van der Waals surface area (Å²) in [5.41, 5.74) is 3.83. The second-order valence-corrected chi connectivity index (χ2v) is 6.66. The third-order valence-electron chi connectivity index (χ3n) is 4.37. The molecule has 24 heavy (non-hydrogen) atoms. The molecular formula is C21H28N2S. The fourth-order valence-electron chi connectivity index (χ4n) is 2.61. The first-order chi connectivity index (χ1) is 11.7. The molecule has 0 aliphatic carbocycles. The molecule has 0 aliphatic rings. The van der Waals surface area contributed by atoms with E-state index in [0.717, 1.165) is 31.5 Å². The van der Waals surface area contributed by atoms with E-state index in [9.17, 15) is 0 Å². The van der Waals surface area contributed by atoms with E-state index >= 15 is 0 Å². The van der Waals surface area contributed by atoms with E-state index < -0.39 is 0 Å². The minimum atomic E-state index is 0.605. The monoisotopic (exact) mass is 340 g/mol. The lowest BCUT2D eigenvalue weighted by molar-refractivity contribution is 0.711. The van der Waals surface area contributed by atoms with E-state index in [0.29, 0.717) is 11.0 Å². The van der Waals surface area contributed by atoms with E-state index in [1.807, 2.05) is 0 Å². The molecule has 0 fully saturated rings. The van der Waals surface area contributed by atoms with Crippen molar-refractivity contribution in [2.45, 2.75) is 45.4 Å². The first-order valence-electron chi connectivity index (χ1n) is 8.87. The summed E-state index contributed by atoms with van der Waals surface area (Å²) in [4.78, 5) is 0. The highest BCUT2D eigenvalue weighted by Gasteiger charge is 2.03. The summed E-state index contributed by atoms with van der Waals surface area (Å²) in [6.07, 6.45) is 4.57. The van der Waals surface area contributed by atoms with E-state index in [4.69, 9.17) is 12.2 Å². The van der Waals surface area contributed by atoms with Gasteiger partial charge >= 0.3 is 0 Å². The number of unbranched alkanes of at least 4 members (excludes halogenated alkanes) is 1. The van der Waals surface area contributed by atoms with Crippen LogP contribution in [0.4, 0.5) is 5.69 Å². The van der Waals surface area contributed by atoms with Gasteiger partial charge in [0, 0.05) is 12.2 Å². The van der Waals surface area contributed by atoms with Crippen molar-refractivity contribution >= 4 is 23.0 Å². The molecule has 0 bridgehead atoms. The summed E-state index contributed by atoms with van der Waals surface area (Å²) < 4.78 is 0. The minimum Gasteiger partial charge on any atom is -0.362 e. The fourth-order valence-corrected chi connectivity index (χ4v) is 2.83. The molecule has 1 unspecified atom stereocenters. The molecule has 2 aromatic rings. The molecule has 0 radical (unpaired) electrons. The number of thiocarbonyl (C=S) groups is 1. The zero-order valence-electron chi connectivity index (χ0n) is 14.7. The zero-order chi connectivity index (χ0) is 17.2. The number of hydrogen-bond donors (Lipinski definition) is 2. The first kappa shape index (κ1) is 18.5. The van der Waals surface area contributed by atoms with Gasteiger partial charge in [0.05, 0.1) is 0 Å². The molecule has 0 spiro atoms. The van der Waals surface area contributed by atoms with Crippen LogP contribution in [-0.2, 0) is 6.42 Å². The van der Waals surface area contributed by atoms with Crippen molar-refractivity contribution in [2.24, 2.45) is 0 Å². The molecule has 0 heterocycles. The van der Waals surface area contributed by atoms with Crippen molar-refractivity contribution in [1.29, 1.82) is 0 Å². The van der Waals surface area contributed by atoms with Crippen LogP contribution in [-0.4, -0.2) is 11.7 Å². The Balaban J connectivity index is 1.64. The van der Waals surface area contributed by atoms with Gasteiger partial charge in [-0.1, -0.05) is 56.3 Å². The van der Waals surface area contributed by atoms with Crippen LogP contribution >= 0.6 is 12.2 Å². The van der Waals surface area contributed by atoms with Gasteiger partial charge in [-0.05, 0) is 67.1 Å². The number of nitrogens with one attached hydrogen (secondary N) is 2. The van der Waals surface area contributed by atoms with Crippen molar-refractivity contribution in [2.75, 3.05) is 11.9 Å². The van der Waals surface area contributed by atoms with Gasteiger partial charge in [-0.25, -0.2) is 0 Å². The molecule has 0 amide bonds. The summed E-state index contributed by atoms with van der Waals surface area (Å²) in [7, 11) is 0. The minimum absolute atomic E-state index is 0.605. The van der Waals surface area contributed by atoms with Crippen LogP contribution in [0.3, 0.4) is 0 Å². The van der Waals surface area contributed by atoms with Crippen molar-refractivity contribution in [3.8, 4) is 0 Å². The molecule has 0 saturated carbocycles. The normalized spacial score (nSPS) is 11.8. The summed E-state index contributed by atoms with van der Waals surface area (Å²) in [6.45, 7) is 5.38. The quantitative estimate of drug-likeness (QED) is 0.489. The van der Waals surface area contributed by atoms with Crippen LogP contribution in [0, 0.1) is 0 Å². The van der Waals surface area contributed by atoms with Crippen LogP contribution in [0.1, 0.15) is 50.2 Å². The van der Waals surface area contributed by atoms with Gasteiger partial charge in [0.15, 0.2) is 5.11 Å². The first-order valence-corrected chi connectivity index (χ1v) is 9.28. The zero-order valence-corrected chi connectivity index (χ0v) is 15.5. The lowest BCUT2D eigenvalue weighted by Gasteiger charge is -2.13. The number of hydrogen-bond acceptors (Lipinski definition) is 1. The molecule has 2 N–H and O–H groups in total.